The molecule has 0 radical (unpaired) electrons. The van der Waals surface area contributed by atoms with Crippen LogP contribution in [0.5, 0.6) is 0 Å². The minimum absolute atomic E-state index is 0.150. The normalized spacial score (nSPS) is 23.4. The Morgan fingerprint density at radius 1 is 1.20 bits per heavy atom. The van der Waals surface area contributed by atoms with Crippen LogP contribution in [0.4, 0.5) is 0 Å². The van der Waals surface area contributed by atoms with Crippen LogP contribution in [0.1, 0.15) is 58.3 Å². The van der Waals surface area contributed by atoms with Gasteiger partial charge in [0.1, 0.15) is 0 Å². The molecule has 0 aromatic heterocycles. The maximum atomic E-state index is 11.9. The first-order valence-corrected chi connectivity index (χ1v) is 8.37. The van der Waals surface area contributed by atoms with E-state index in [4.69, 9.17) is 4.74 Å². The number of amides is 1. The molecule has 4 nitrogen and oxygen atoms in total. The number of nitrogens with one attached hydrogen (secondary N) is 2. The van der Waals surface area contributed by atoms with Gasteiger partial charge in [0, 0.05) is 12.5 Å². The third-order valence-corrected chi connectivity index (χ3v) is 4.71. The molecule has 2 aliphatic rings. The summed E-state index contributed by atoms with van der Waals surface area (Å²) in [6.07, 6.45) is 9.54. The topological polar surface area (TPSA) is 50.4 Å². The van der Waals surface area contributed by atoms with Crippen LogP contribution in [-0.2, 0) is 9.53 Å². The van der Waals surface area contributed by atoms with Crippen LogP contribution >= 0.6 is 0 Å². The van der Waals surface area contributed by atoms with Gasteiger partial charge in [0.2, 0.25) is 5.91 Å². The average molecular weight is 282 g/mol. The van der Waals surface area contributed by atoms with Gasteiger partial charge in [-0.1, -0.05) is 19.3 Å². The number of carbonyl (C=O) groups is 1. The van der Waals surface area contributed by atoms with Crippen LogP contribution in [0.2, 0.25) is 0 Å². The molecule has 1 saturated carbocycles. The Morgan fingerprint density at radius 2 is 1.90 bits per heavy atom. The molecule has 0 aromatic rings. The quantitative estimate of drug-likeness (QED) is 0.785. The van der Waals surface area contributed by atoms with Gasteiger partial charge in [0.05, 0.1) is 12.7 Å². The first-order valence-electron chi connectivity index (χ1n) is 8.37. The molecular weight excluding hydrogens is 252 g/mol. The second kappa shape index (κ2) is 8.63. The summed E-state index contributed by atoms with van der Waals surface area (Å²) in [5.74, 6) is 0.829. The fourth-order valence-electron chi connectivity index (χ4n) is 3.36. The van der Waals surface area contributed by atoms with Gasteiger partial charge < -0.3 is 15.4 Å². The van der Waals surface area contributed by atoms with E-state index in [0.29, 0.717) is 31.1 Å². The molecule has 1 atom stereocenters. The summed E-state index contributed by atoms with van der Waals surface area (Å²) in [6.45, 7) is 4.79. The molecule has 2 fully saturated rings. The number of rotatable bonds is 6. The maximum absolute atomic E-state index is 11.9. The molecule has 1 aliphatic heterocycles. The second-order valence-corrected chi connectivity index (χ2v) is 6.32. The highest BCUT2D eigenvalue weighted by atomic mass is 16.5. The van der Waals surface area contributed by atoms with Crippen LogP contribution in [0.25, 0.3) is 0 Å². The standard InChI is InChI=1S/C16H30N2O2/c1-13(14-5-3-2-4-6-14)18-16(19)9-12-20-15-7-10-17-11-8-15/h13-15,17H,2-12H2,1H3,(H,18,19)/t13-/m1/s1. The van der Waals surface area contributed by atoms with Crippen molar-refractivity contribution in [2.24, 2.45) is 5.92 Å². The molecule has 0 spiro atoms. The highest BCUT2D eigenvalue weighted by Gasteiger charge is 2.21. The minimum Gasteiger partial charge on any atom is -0.378 e. The molecule has 0 aromatic carbocycles. The molecule has 2 rings (SSSR count). The van der Waals surface area contributed by atoms with Gasteiger partial charge in [0.15, 0.2) is 0 Å². The van der Waals surface area contributed by atoms with Crippen LogP contribution < -0.4 is 10.6 Å². The first kappa shape index (κ1) is 15.8. The Labute approximate surface area is 123 Å². The summed E-state index contributed by atoms with van der Waals surface area (Å²) in [5, 5.41) is 6.47. The van der Waals surface area contributed by atoms with Crippen LogP contribution in [0, 0.1) is 5.92 Å². The van der Waals surface area contributed by atoms with E-state index in [0.717, 1.165) is 25.9 Å². The Bertz CT molecular complexity index is 284. The molecule has 0 bridgehead atoms. The van der Waals surface area contributed by atoms with Gasteiger partial charge in [-0.25, -0.2) is 0 Å². The lowest BCUT2D eigenvalue weighted by atomic mass is 9.84. The number of hydrogen-bond donors (Lipinski definition) is 2. The highest BCUT2D eigenvalue weighted by molar-refractivity contribution is 5.76. The molecule has 4 heteroatoms. The monoisotopic (exact) mass is 282 g/mol. The SMILES string of the molecule is C[C@@H](NC(=O)CCOC1CCNCC1)C1CCCCC1. The lowest BCUT2D eigenvalue weighted by molar-refractivity contribution is -0.123. The minimum atomic E-state index is 0.150. The summed E-state index contributed by atoms with van der Waals surface area (Å²) in [4.78, 5) is 11.9. The number of ether oxygens (including phenoxy) is 1. The van der Waals surface area contributed by atoms with Crippen LogP contribution in [0.15, 0.2) is 0 Å². The van der Waals surface area contributed by atoms with Crippen LogP contribution in [0.3, 0.4) is 0 Å². The van der Waals surface area contributed by atoms with Crippen molar-refractivity contribution in [1.82, 2.24) is 10.6 Å². The average Bonchev–Trinajstić information content (AvgIpc) is 2.49. The number of hydrogen-bond acceptors (Lipinski definition) is 3. The van der Waals surface area contributed by atoms with Crippen molar-refractivity contribution < 1.29 is 9.53 Å². The third-order valence-electron chi connectivity index (χ3n) is 4.71. The third kappa shape index (κ3) is 5.41. The van der Waals surface area contributed by atoms with E-state index in [9.17, 15) is 4.79 Å². The highest BCUT2D eigenvalue weighted by Crippen LogP contribution is 2.26. The maximum Gasteiger partial charge on any atom is 0.222 e. The molecule has 1 saturated heterocycles. The lowest BCUT2D eigenvalue weighted by Crippen LogP contribution is -2.39. The van der Waals surface area contributed by atoms with E-state index in [-0.39, 0.29) is 5.91 Å². The summed E-state index contributed by atoms with van der Waals surface area (Å²) < 4.78 is 5.78. The van der Waals surface area contributed by atoms with Crippen LogP contribution in [-0.4, -0.2) is 37.7 Å². The van der Waals surface area contributed by atoms with Crippen molar-refractivity contribution in [2.75, 3.05) is 19.7 Å². The number of carbonyl (C=O) groups excluding carboxylic acids is 1. The Kier molecular flexibility index (Phi) is 6.80. The fraction of sp³-hybridized carbons (Fsp3) is 0.938. The van der Waals surface area contributed by atoms with Crippen molar-refractivity contribution in [1.29, 1.82) is 0 Å². The molecule has 2 N–H and O–H groups in total. The van der Waals surface area contributed by atoms with E-state index in [1.165, 1.54) is 32.1 Å². The van der Waals surface area contributed by atoms with Crippen molar-refractivity contribution in [3.63, 3.8) is 0 Å². The number of piperidine rings is 1. The fourth-order valence-corrected chi connectivity index (χ4v) is 3.36. The van der Waals surface area contributed by atoms with Gasteiger partial charge in [-0.05, 0) is 51.6 Å². The summed E-state index contributed by atoms with van der Waals surface area (Å²) in [6, 6.07) is 0.321. The molecular formula is C16H30N2O2. The molecule has 0 unspecified atom stereocenters. The van der Waals surface area contributed by atoms with E-state index >= 15 is 0 Å². The van der Waals surface area contributed by atoms with Gasteiger partial charge in [-0.15, -0.1) is 0 Å². The zero-order valence-electron chi connectivity index (χ0n) is 12.8. The van der Waals surface area contributed by atoms with Crippen molar-refractivity contribution >= 4 is 5.91 Å². The largest absolute Gasteiger partial charge is 0.378 e. The van der Waals surface area contributed by atoms with Gasteiger partial charge in [0.25, 0.3) is 0 Å². The summed E-state index contributed by atoms with van der Waals surface area (Å²) >= 11 is 0. The lowest BCUT2D eigenvalue weighted by Gasteiger charge is -2.28. The zero-order chi connectivity index (χ0) is 14.2. The molecule has 1 aliphatic carbocycles. The smallest absolute Gasteiger partial charge is 0.222 e. The molecule has 20 heavy (non-hydrogen) atoms. The van der Waals surface area contributed by atoms with Gasteiger partial charge >= 0.3 is 0 Å². The molecule has 1 heterocycles. The Balaban J connectivity index is 1.57. The first-order chi connectivity index (χ1) is 9.75. The van der Waals surface area contributed by atoms with Gasteiger partial charge in [-0.2, -0.15) is 0 Å². The Hall–Kier alpha value is -0.610. The predicted molar refractivity (Wildman–Crippen MR) is 80.6 cm³/mol. The van der Waals surface area contributed by atoms with E-state index < -0.39 is 0 Å². The summed E-state index contributed by atoms with van der Waals surface area (Å²) in [7, 11) is 0. The van der Waals surface area contributed by atoms with E-state index in [1.54, 1.807) is 0 Å². The van der Waals surface area contributed by atoms with Crippen molar-refractivity contribution in [3.8, 4) is 0 Å². The zero-order valence-corrected chi connectivity index (χ0v) is 12.8. The summed E-state index contributed by atoms with van der Waals surface area (Å²) in [5.41, 5.74) is 0. The van der Waals surface area contributed by atoms with Crippen molar-refractivity contribution in [2.45, 2.75) is 70.4 Å². The predicted octanol–water partition coefficient (Wildman–Crippen LogP) is 2.23. The van der Waals surface area contributed by atoms with E-state index in [1.807, 2.05) is 0 Å². The Morgan fingerprint density at radius 3 is 2.60 bits per heavy atom. The van der Waals surface area contributed by atoms with Crippen molar-refractivity contribution in [3.05, 3.63) is 0 Å². The van der Waals surface area contributed by atoms with Gasteiger partial charge in [-0.3, -0.25) is 4.79 Å². The molecule has 1 amide bonds. The van der Waals surface area contributed by atoms with E-state index in [2.05, 4.69) is 17.6 Å². The molecule has 116 valence electrons. The second-order valence-electron chi connectivity index (χ2n) is 6.32.